The van der Waals surface area contributed by atoms with Gasteiger partial charge in [-0.2, -0.15) is 5.26 Å². The molecule has 0 bridgehead atoms. The molecule has 50 heavy (non-hydrogen) atoms. The van der Waals surface area contributed by atoms with Crippen LogP contribution in [0.25, 0.3) is 5.57 Å². The summed E-state index contributed by atoms with van der Waals surface area (Å²) in [5.74, 6) is 2.00. The van der Waals surface area contributed by atoms with E-state index in [1.165, 1.54) is 18.1 Å². The average Bonchev–Trinajstić information content (AvgIpc) is 3.39. The first kappa shape index (κ1) is 44.2. The Labute approximate surface area is 305 Å². The first-order valence-electron chi connectivity index (χ1n) is 15.6. The van der Waals surface area contributed by atoms with Crippen LogP contribution in [0.2, 0.25) is 0 Å². The number of rotatable bonds is 6. The molecule has 0 fully saturated rings. The molecule has 0 unspecified atom stereocenters. The van der Waals surface area contributed by atoms with Gasteiger partial charge >= 0.3 is 52.5 Å². The Balaban J connectivity index is 0.000000451. The van der Waals surface area contributed by atoms with Gasteiger partial charge in [-0.1, -0.05) is 136 Å². The van der Waals surface area contributed by atoms with Gasteiger partial charge in [-0.05, 0) is 36.8 Å². The van der Waals surface area contributed by atoms with Crippen LogP contribution in [0.3, 0.4) is 0 Å². The molecule has 0 atom stereocenters. The molecule has 1 heterocycles. The second-order valence-electron chi connectivity index (χ2n) is 12.5. The Hall–Kier alpha value is -3.79. The average molecular weight is 802 g/mol. The zero-order valence-corrected chi connectivity index (χ0v) is 31.8. The fraction of sp³-hybridized carbons (Fsp3) is 0.282. The van der Waals surface area contributed by atoms with Crippen molar-refractivity contribution in [2.45, 2.75) is 65.8 Å². The minimum absolute atomic E-state index is 0. The van der Waals surface area contributed by atoms with Gasteiger partial charge in [0.15, 0.2) is 0 Å². The summed E-state index contributed by atoms with van der Waals surface area (Å²) in [6.45, 7) is 15.1. The second kappa shape index (κ2) is 17.9. The molecule has 3 nitrogen and oxygen atoms in total. The van der Waals surface area contributed by atoms with Crippen LogP contribution in [0.4, 0.5) is 25.2 Å². The van der Waals surface area contributed by atoms with E-state index in [4.69, 9.17) is 15.0 Å². The molecule has 4 aromatic rings. The fourth-order valence-corrected chi connectivity index (χ4v) is 4.44. The molecule has 0 saturated heterocycles. The van der Waals surface area contributed by atoms with Crippen molar-refractivity contribution in [1.82, 2.24) is 0 Å². The zero-order valence-electron chi connectivity index (χ0n) is 29.1. The maximum Gasteiger partial charge on any atom is 2.00 e. The summed E-state index contributed by atoms with van der Waals surface area (Å²) < 4.78 is 65.1. The van der Waals surface area contributed by atoms with Crippen molar-refractivity contribution in [3.63, 3.8) is 0 Å². The van der Waals surface area contributed by atoms with E-state index in [2.05, 4.69) is 126 Å². The molecule has 0 saturated carbocycles. The summed E-state index contributed by atoms with van der Waals surface area (Å²) >= 11 is 0. The van der Waals surface area contributed by atoms with Crippen molar-refractivity contribution in [2.24, 2.45) is 4.99 Å². The van der Waals surface area contributed by atoms with E-state index in [9.17, 15) is 25.2 Å². The molecule has 5 rings (SSSR count). The standard InChI is InChI=1S/C25H22NO.C12H18.C2H3N.F6P.Ru/c1-25(2)18-27-24(26-25)22-16-10-9-15-21(22)23(20-13-7-4-8-14-20)17-19-11-5-3-6-12-19;1-9(2)11-5-7-12(8-6-11)10(3)4;1-2-3;1-7(2,3,4,5)6;/h3-16H,18H2,1-2H3;5-10H,1-4H3;1H3;;/q-1;;;-1;+2. The van der Waals surface area contributed by atoms with E-state index in [0.29, 0.717) is 24.3 Å². The number of nitrogens with zero attached hydrogens (tertiary/aromatic N) is 2. The van der Waals surface area contributed by atoms with E-state index in [1.54, 1.807) is 6.07 Å². The van der Waals surface area contributed by atoms with Gasteiger partial charge in [0.05, 0.1) is 11.6 Å². The summed E-state index contributed by atoms with van der Waals surface area (Å²) in [7, 11) is -10.7. The number of nitriles is 1. The number of aliphatic imine (C=N–C) groups is 1. The van der Waals surface area contributed by atoms with Gasteiger partial charge in [-0.25, -0.2) is 4.99 Å². The van der Waals surface area contributed by atoms with Crippen molar-refractivity contribution < 1.29 is 49.4 Å². The predicted molar refractivity (Wildman–Crippen MR) is 190 cm³/mol. The van der Waals surface area contributed by atoms with Crippen LogP contribution in [0.1, 0.15) is 93.7 Å². The molecule has 0 spiro atoms. The van der Waals surface area contributed by atoms with Crippen molar-refractivity contribution in [3.8, 4) is 6.07 Å². The van der Waals surface area contributed by atoms with Crippen LogP contribution in [-0.2, 0) is 24.2 Å². The van der Waals surface area contributed by atoms with Gasteiger partial charge < -0.3 is 4.74 Å². The molecule has 0 radical (unpaired) electrons. The molecule has 11 heteroatoms. The normalized spacial score (nSPS) is 14.7. The summed E-state index contributed by atoms with van der Waals surface area (Å²) in [5.41, 5.74) is 7.94. The van der Waals surface area contributed by atoms with Gasteiger partial charge in [0.1, 0.15) is 6.61 Å². The minimum atomic E-state index is -10.7. The molecule has 0 N–H and O–H groups in total. The van der Waals surface area contributed by atoms with Crippen LogP contribution in [0.15, 0.2) is 114 Å². The monoisotopic (exact) mass is 802 g/mol. The molecule has 0 aliphatic carbocycles. The first-order chi connectivity index (χ1) is 22.6. The van der Waals surface area contributed by atoms with Gasteiger partial charge in [-0.3, -0.25) is 0 Å². The smallest absolute Gasteiger partial charge is 2.00 e. The van der Waals surface area contributed by atoms with E-state index >= 15 is 0 Å². The van der Waals surface area contributed by atoms with Crippen molar-refractivity contribution in [3.05, 3.63) is 149 Å². The quantitative estimate of drug-likeness (QED) is 0.0641. The zero-order chi connectivity index (χ0) is 36.9. The number of halogens is 6. The first-order valence-corrected chi connectivity index (χ1v) is 17.7. The fourth-order valence-electron chi connectivity index (χ4n) is 4.44. The Morgan fingerprint density at radius 2 is 1.14 bits per heavy atom. The van der Waals surface area contributed by atoms with Gasteiger partial charge in [-0.15, -0.1) is 29.3 Å². The molecular weight excluding hydrogens is 758 g/mol. The van der Waals surface area contributed by atoms with Crippen LogP contribution >= 0.6 is 7.81 Å². The Morgan fingerprint density at radius 3 is 1.54 bits per heavy atom. The summed E-state index contributed by atoms with van der Waals surface area (Å²) in [4.78, 5) is 4.79. The van der Waals surface area contributed by atoms with E-state index in [0.717, 1.165) is 27.8 Å². The van der Waals surface area contributed by atoms with Crippen LogP contribution in [0, 0.1) is 17.4 Å². The third-order valence-electron chi connectivity index (χ3n) is 6.77. The second-order valence-corrected chi connectivity index (χ2v) is 14.4. The van der Waals surface area contributed by atoms with E-state index < -0.39 is 7.81 Å². The summed E-state index contributed by atoms with van der Waals surface area (Å²) in [6, 6.07) is 39.5. The predicted octanol–water partition coefficient (Wildman–Crippen LogP) is 13.4. The Kier molecular flexibility index (Phi) is 15.9. The largest absolute Gasteiger partial charge is 2.00 e. The molecule has 270 valence electrons. The van der Waals surface area contributed by atoms with Crippen LogP contribution < -0.4 is 0 Å². The van der Waals surface area contributed by atoms with E-state index in [1.807, 2.05) is 30.3 Å². The van der Waals surface area contributed by atoms with Crippen LogP contribution in [0.5, 0.6) is 0 Å². The summed E-state index contributed by atoms with van der Waals surface area (Å²) in [5, 5.41) is 7.32. The molecule has 0 aromatic heterocycles. The van der Waals surface area contributed by atoms with Crippen molar-refractivity contribution in [2.75, 3.05) is 6.61 Å². The Bertz CT molecular complexity index is 1700. The van der Waals surface area contributed by atoms with Crippen LogP contribution in [-0.4, -0.2) is 18.0 Å². The van der Waals surface area contributed by atoms with Crippen molar-refractivity contribution >= 4 is 19.3 Å². The third-order valence-corrected chi connectivity index (χ3v) is 6.77. The van der Waals surface area contributed by atoms with E-state index in [-0.39, 0.29) is 25.0 Å². The van der Waals surface area contributed by atoms with Crippen molar-refractivity contribution in [1.29, 1.82) is 5.26 Å². The topological polar surface area (TPSA) is 45.4 Å². The van der Waals surface area contributed by atoms with Gasteiger partial charge in [0.25, 0.3) is 0 Å². The molecule has 1 aliphatic heterocycles. The third kappa shape index (κ3) is 17.7. The number of ether oxygens (including phenoxy) is 1. The molecular formula is C39H43F6N2OPRu. The SMILES string of the molecule is CC#N.CC(C)c1ccc(C(C)C)cc1.CC1(C)COC(c2ccccc2C(=[C-]c2ccccc2)c2ccccc2)=N1.F[P-](F)(F)(F)(F)F.[Ru+2]. The number of hydrogen-bond donors (Lipinski definition) is 0. The number of benzene rings is 4. The number of hydrogen-bond acceptors (Lipinski definition) is 3. The maximum absolute atomic E-state index is 10.7. The Morgan fingerprint density at radius 1 is 0.740 bits per heavy atom. The molecule has 4 aromatic carbocycles. The molecule has 1 aliphatic rings. The molecule has 0 amide bonds. The minimum Gasteiger partial charge on any atom is 2.00 e. The summed E-state index contributed by atoms with van der Waals surface area (Å²) in [6.07, 6.45) is 3.60. The van der Waals surface area contributed by atoms with Gasteiger partial charge in [0, 0.05) is 12.5 Å². The maximum atomic E-state index is 9.87. The van der Waals surface area contributed by atoms with Gasteiger partial charge in [0.2, 0.25) is 5.90 Å².